The van der Waals surface area contributed by atoms with Crippen LogP contribution >= 0.6 is 23.2 Å². The summed E-state index contributed by atoms with van der Waals surface area (Å²) in [6.45, 7) is 0. The van der Waals surface area contributed by atoms with Gasteiger partial charge in [0.25, 0.3) is 0 Å². The first-order valence-electron chi connectivity index (χ1n) is 3.89. The lowest BCUT2D eigenvalue weighted by Gasteiger charge is -2.04. The summed E-state index contributed by atoms with van der Waals surface area (Å²) in [5, 5.41) is 18.4. The van der Waals surface area contributed by atoms with Gasteiger partial charge in [-0.1, -0.05) is 23.2 Å². The molecule has 0 aromatic heterocycles. The summed E-state index contributed by atoms with van der Waals surface area (Å²) in [5.74, 6) is -0.948. The second kappa shape index (κ2) is 4.53. The number of aliphatic carboxylic acids is 1. The smallest absolute Gasteiger partial charge is 0.303 e. The number of phenols is 1. The molecule has 1 aromatic rings. The summed E-state index contributed by atoms with van der Waals surface area (Å²) in [4.78, 5) is 10.3. The van der Waals surface area contributed by atoms with Crippen LogP contribution in [0.25, 0.3) is 0 Å². The largest absolute Gasteiger partial charge is 0.508 e. The summed E-state index contributed by atoms with van der Waals surface area (Å²) in [7, 11) is 0. The quantitative estimate of drug-likeness (QED) is 0.846. The summed E-state index contributed by atoms with van der Waals surface area (Å²) >= 11 is 11.4. The van der Waals surface area contributed by atoms with Crippen LogP contribution in [0.3, 0.4) is 0 Å². The molecule has 0 heterocycles. The summed E-state index contributed by atoms with van der Waals surface area (Å²) in [5.41, 5.74) is 0.488. The van der Waals surface area contributed by atoms with Gasteiger partial charge in [-0.2, -0.15) is 0 Å². The molecule has 0 aliphatic heterocycles. The number of hydrogen-bond donors (Lipinski definition) is 2. The molecule has 76 valence electrons. The van der Waals surface area contributed by atoms with E-state index in [1.54, 1.807) is 0 Å². The zero-order chi connectivity index (χ0) is 10.7. The molecule has 0 spiro atoms. The van der Waals surface area contributed by atoms with Crippen molar-refractivity contribution in [1.82, 2.24) is 0 Å². The van der Waals surface area contributed by atoms with Crippen molar-refractivity contribution >= 4 is 29.2 Å². The highest BCUT2D eigenvalue weighted by atomic mass is 35.5. The van der Waals surface area contributed by atoms with Crippen LogP contribution in [0.5, 0.6) is 5.75 Å². The van der Waals surface area contributed by atoms with E-state index in [1.807, 2.05) is 0 Å². The van der Waals surface area contributed by atoms with Crippen molar-refractivity contribution < 1.29 is 15.0 Å². The van der Waals surface area contributed by atoms with Crippen molar-refractivity contribution in [2.75, 3.05) is 0 Å². The van der Waals surface area contributed by atoms with Crippen molar-refractivity contribution in [3.05, 3.63) is 27.7 Å². The molecule has 0 aliphatic carbocycles. The number of rotatable bonds is 3. The van der Waals surface area contributed by atoms with Crippen LogP contribution in [0.1, 0.15) is 12.0 Å². The Morgan fingerprint density at radius 1 is 1.29 bits per heavy atom. The fraction of sp³-hybridized carbons (Fsp3) is 0.222. The Morgan fingerprint density at radius 3 is 2.43 bits per heavy atom. The molecule has 0 bridgehead atoms. The van der Waals surface area contributed by atoms with Crippen LogP contribution in [-0.4, -0.2) is 16.2 Å². The van der Waals surface area contributed by atoms with Gasteiger partial charge in [-0.25, -0.2) is 0 Å². The molecule has 3 nitrogen and oxygen atoms in total. The number of phenolic OH excluding ortho intramolecular Hbond substituents is 1. The molecular weight excluding hydrogens is 227 g/mol. The van der Waals surface area contributed by atoms with Crippen LogP contribution in [0, 0.1) is 0 Å². The molecule has 0 fully saturated rings. The SMILES string of the molecule is O=C(O)CCc1cc(Cl)c(Cl)cc1O. The third-order valence-corrected chi connectivity index (χ3v) is 2.45. The third kappa shape index (κ3) is 2.79. The zero-order valence-corrected chi connectivity index (χ0v) is 8.64. The van der Waals surface area contributed by atoms with Crippen molar-refractivity contribution in [3.63, 3.8) is 0 Å². The summed E-state index contributed by atoms with van der Waals surface area (Å²) in [6, 6.07) is 2.78. The Kier molecular flexibility index (Phi) is 3.61. The monoisotopic (exact) mass is 234 g/mol. The maximum Gasteiger partial charge on any atom is 0.303 e. The molecule has 0 aliphatic rings. The number of halogens is 2. The Hall–Kier alpha value is -0.930. The second-order valence-electron chi connectivity index (χ2n) is 2.79. The fourth-order valence-electron chi connectivity index (χ4n) is 1.02. The fourth-order valence-corrected chi connectivity index (χ4v) is 1.36. The first-order valence-corrected chi connectivity index (χ1v) is 4.65. The van der Waals surface area contributed by atoms with Gasteiger partial charge in [-0.05, 0) is 18.1 Å². The van der Waals surface area contributed by atoms with E-state index in [1.165, 1.54) is 12.1 Å². The van der Waals surface area contributed by atoms with Gasteiger partial charge < -0.3 is 10.2 Å². The van der Waals surface area contributed by atoms with E-state index in [4.69, 9.17) is 28.3 Å². The van der Waals surface area contributed by atoms with E-state index in [0.717, 1.165) is 0 Å². The molecule has 0 radical (unpaired) electrons. The van der Waals surface area contributed by atoms with Crippen LogP contribution < -0.4 is 0 Å². The van der Waals surface area contributed by atoms with Crippen molar-refractivity contribution in [3.8, 4) is 5.75 Å². The van der Waals surface area contributed by atoms with Gasteiger partial charge in [0, 0.05) is 12.5 Å². The van der Waals surface area contributed by atoms with E-state index >= 15 is 0 Å². The van der Waals surface area contributed by atoms with Crippen molar-refractivity contribution in [2.45, 2.75) is 12.8 Å². The Morgan fingerprint density at radius 2 is 1.86 bits per heavy atom. The Labute approximate surface area is 90.9 Å². The lowest BCUT2D eigenvalue weighted by atomic mass is 10.1. The van der Waals surface area contributed by atoms with E-state index in [0.29, 0.717) is 10.6 Å². The topological polar surface area (TPSA) is 57.5 Å². The molecule has 1 rings (SSSR count). The van der Waals surface area contributed by atoms with Gasteiger partial charge in [-0.15, -0.1) is 0 Å². The molecular formula is C9H8Cl2O3. The van der Waals surface area contributed by atoms with E-state index in [9.17, 15) is 9.90 Å². The summed E-state index contributed by atoms with van der Waals surface area (Å²) < 4.78 is 0. The van der Waals surface area contributed by atoms with Crippen LogP contribution in [0.15, 0.2) is 12.1 Å². The van der Waals surface area contributed by atoms with Gasteiger partial charge in [-0.3, -0.25) is 4.79 Å². The van der Waals surface area contributed by atoms with Crippen LogP contribution in [0.4, 0.5) is 0 Å². The molecule has 5 heteroatoms. The number of hydrogen-bond acceptors (Lipinski definition) is 2. The Bertz CT molecular complexity index is 363. The third-order valence-electron chi connectivity index (χ3n) is 1.73. The highest BCUT2D eigenvalue weighted by Gasteiger charge is 2.08. The zero-order valence-electron chi connectivity index (χ0n) is 7.13. The first-order chi connectivity index (χ1) is 6.50. The molecule has 0 atom stereocenters. The predicted molar refractivity (Wildman–Crippen MR) is 54.1 cm³/mol. The van der Waals surface area contributed by atoms with Crippen molar-refractivity contribution in [2.24, 2.45) is 0 Å². The highest BCUT2D eigenvalue weighted by molar-refractivity contribution is 6.42. The molecule has 1 aromatic carbocycles. The molecule has 14 heavy (non-hydrogen) atoms. The number of aryl methyl sites for hydroxylation is 1. The van der Waals surface area contributed by atoms with Gasteiger partial charge in [0.15, 0.2) is 0 Å². The van der Waals surface area contributed by atoms with Crippen LogP contribution in [0.2, 0.25) is 10.0 Å². The minimum atomic E-state index is -0.921. The van der Waals surface area contributed by atoms with Gasteiger partial charge in [0.1, 0.15) is 5.75 Å². The second-order valence-corrected chi connectivity index (χ2v) is 3.60. The normalized spacial score (nSPS) is 10.1. The number of carbonyl (C=O) groups is 1. The Balaban J connectivity index is 2.87. The minimum Gasteiger partial charge on any atom is -0.508 e. The maximum atomic E-state index is 10.3. The molecule has 0 saturated heterocycles. The summed E-state index contributed by atoms with van der Waals surface area (Å²) in [6.07, 6.45) is 0.184. The number of carboxylic acids is 1. The molecule has 0 amide bonds. The number of aromatic hydroxyl groups is 1. The van der Waals surface area contributed by atoms with Crippen molar-refractivity contribution in [1.29, 1.82) is 0 Å². The molecule has 2 N–H and O–H groups in total. The van der Waals surface area contributed by atoms with E-state index in [2.05, 4.69) is 0 Å². The highest BCUT2D eigenvalue weighted by Crippen LogP contribution is 2.30. The number of carboxylic acid groups (broad SMARTS) is 1. The van der Waals surface area contributed by atoms with Gasteiger partial charge in [0.05, 0.1) is 10.0 Å². The first kappa shape index (κ1) is 11.1. The average Bonchev–Trinajstić information content (AvgIpc) is 2.09. The lowest BCUT2D eigenvalue weighted by Crippen LogP contribution is -1.97. The van der Waals surface area contributed by atoms with E-state index < -0.39 is 5.97 Å². The minimum absolute atomic E-state index is 0.0272. The van der Waals surface area contributed by atoms with Gasteiger partial charge >= 0.3 is 5.97 Å². The standard InChI is InChI=1S/C9H8Cl2O3/c10-6-3-5(1-2-9(13)14)8(12)4-7(6)11/h3-4,12H,1-2H2,(H,13,14). The van der Waals surface area contributed by atoms with E-state index in [-0.39, 0.29) is 23.6 Å². The lowest BCUT2D eigenvalue weighted by molar-refractivity contribution is -0.136. The van der Waals surface area contributed by atoms with Crippen LogP contribution in [-0.2, 0) is 11.2 Å². The molecule has 0 saturated carbocycles. The molecule has 0 unspecified atom stereocenters. The number of benzene rings is 1. The maximum absolute atomic E-state index is 10.3. The predicted octanol–water partition coefficient (Wildman–Crippen LogP) is 2.72. The van der Waals surface area contributed by atoms with Gasteiger partial charge in [0.2, 0.25) is 0 Å². The average molecular weight is 235 g/mol.